The van der Waals surface area contributed by atoms with Crippen molar-refractivity contribution in [2.75, 3.05) is 31.5 Å². The molecule has 0 radical (unpaired) electrons. The van der Waals surface area contributed by atoms with E-state index in [4.69, 9.17) is 15.3 Å². The van der Waals surface area contributed by atoms with Crippen LogP contribution in [0.1, 0.15) is 5.56 Å². The van der Waals surface area contributed by atoms with Gasteiger partial charge in [-0.25, -0.2) is 15.8 Å². The molecule has 7 heteroatoms. The Balaban J connectivity index is 1.96. The van der Waals surface area contributed by atoms with E-state index in [9.17, 15) is 0 Å². The van der Waals surface area contributed by atoms with Crippen molar-refractivity contribution < 1.29 is 9.47 Å². The fourth-order valence-electron chi connectivity index (χ4n) is 1.91. The molecule has 2 aromatic rings. The van der Waals surface area contributed by atoms with Crippen molar-refractivity contribution in [2.45, 2.75) is 6.42 Å². The van der Waals surface area contributed by atoms with E-state index in [1.807, 2.05) is 24.3 Å². The van der Waals surface area contributed by atoms with Crippen molar-refractivity contribution in [3.8, 4) is 11.5 Å². The minimum absolute atomic E-state index is 0.444. The third-order valence-corrected chi connectivity index (χ3v) is 3.01. The number of rotatable bonds is 7. The fourth-order valence-corrected chi connectivity index (χ4v) is 1.91. The van der Waals surface area contributed by atoms with Gasteiger partial charge in [0.15, 0.2) is 11.6 Å². The first-order chi connectivity index (χ1) is 10.3. The summed E-state index contributed by atoms with van der Waals surface area (Å²) in [5, 5.41) is 3.21. The van der Waals surface area contributed by atoms with Crippen LogP contribution in [0, 0.1) is 0 Å². The lowest BCUT2D eigenvalue weighted by Crippen LogP contribution is -2.13. The number of benzene rings is 1. The molecule has 0 saturated carbocycles. The van der Waals surface area contributed by atoms with Gasteiger partial charge in [-0.1, -0.05) is 12.1 Å². The van der Waals surface area contributed by atoms with Gasteiger partial charge in [0.25, 0.3) is 0 Å². The summed E-state index contributed by atoms with van der Waals surface area (Å²) in [5.74, 6) is 7.78. The second-order valence-electron chi connectivity index (χ2n) is 4.27. The molecule has 21 heavy (non-hydrogen) atoms. The average Bonchev–Trinajstić information content (AvgIpc) is 2.55. The summed E-state index contributed by atoms with van der Waals surface area (Å²) in [5.41, 5.74) is 3.68. The number of hydrogen-bond donors (Lipinski definition) is 3. The van der Waals surface area contributed by atoms with E-state index < -0.39 is 0 Å². The molecule has 0 unspecified atom stereocenters. The molecular formula is C14H19N5O2. The Kier molecular flexibility index (Phi) is 5.16. The van der Waals surface area contributed by atoms with E-state index >= 15 is 0 Å². The maximum Gasteiger partial charge on any atom is 0.205 e. The van der Waals surface area contributed by atoms with Crippen LogP contribution in [-0.2, 0) is 6.42 Å². The number of ether oxygens (including phenoxy) is 2. The molecule has 0 aliphatic rings. The topological polar surface area (TPSA) is 94.3 Å². The number of nitrogen functional groups attached to an aromatic ring is 1. The summed E-state index contributed by atoms with van der Waals surface area (Å²) in [6.45, 7) is 0.712. The number of nitrogens with two attached hydrogens (primary N) is 1. The Morgan fingerprint density at radius 3 is 2.38 bits per heavy atom. The van der Waals surface area contributed by atoms with E-state index in [-0.39, 0.29) is 0 Å². The van der Waals surface area contributed by atoms with Crippen LogP contribution in [0.2, 0.25) is 0 Å². The molecule has 0 aliphatic heterocycles. The smallest absolute Gasteiger partial charge is 0.205 e. The predicted octanol–water partition coefficient (Wildman–Crippen LogP) is 1.43. The molecule has 0 amide bonds. The highest BCUT2D eigenvalue weighted by molar-refractivity contribution is 5.63. The first kappa shape index (κ1) is 14.9. The number of nitrogens with zero attached hydrogens (tertiary/aromatic N) is 2. The van der Waals surface area contributed by atoms with E-state index in [1.165, 1.54) is 11.9 Å². The third-order valence-electron chi connectivity index (χ3n) is 3.01. The van der Waals surface area contributed by atoms with Gasteiger partial charge in [0, 0.05) is 6.54 Å². The van der Waals surface area contributed by atoms with Crippen molar-refractivity contribution >= 4 is 11.6 Å². The number of hydrazine groups is 1. The normalized spacial score (nSPS) is 10.0. The highest BCUT2D eigenvalue weighted by Crippen LogP contribution is 2.27. The molecule has 1 aromatic carbocycles. The summed E-state index contributed by atoms with van der Waals surface area (Å²) >= 11 is 0. The number of methoxy groups -OCH3 is 2. The molecule has 1 heterocycles. The maximum absolute atomic E-state index is 5.38. The first-order valence-electron chi connectivity index (χ1n) is 6.51. The van der Waals surface area contributed by atoms with E-state index in [0.717, 1.165) is 12.2 Å². The number of anilines is 2. The molecule has 2 rings (SSSR count). The van der Waals surface area contributed by atoms with Crippen molar-refractivity contribution in [1.29, 1.82) is 0 Å². The van der Waals surface area contributed by atoms with Crippen LogP contribution in [0.15, 0.2) is 30.6 Å². The minimum Gasteiger partial charge on any atom is -0.497 e. The van der Waals surface area contributed by atoms with Gasteiger partial charge < -0.3 is 20.2 Å². The molecule has 0 atom stereocenters. The van der Waals surface area contributed by atoms with Gasteiger partial charge in [-0.2, -0.15) is 0 Å². The molecule has 1 aromatic heterocycles. The molecule has 0 aliphatic carbocycles. The summed E-state index contributed by atoms with van der Waals surface area (Å²) in [4.78, 5) is 8.14. The Bertz CT molecular complexity index is 574. The van der Waals surface area contributed by atoms with Crippen LogP contribution in [0.25, 0.3) is 0 Å². The highest BCUT2D eigenvalue weighted by atomic mass is 16.5. The Morgan fingerprint density at radius 2 is 1.76 bits per heavy atom. The molecule has 112 valence electrons. The quantitative estimate of drug-likeness (QED) is 0.524. The SMILES string of the molecule is COc1ccc(CCNc2ncnc(NN)c2OC)cc1. The van der Waals surface area contributed by atoms with E-state index in [2.05, 4.69) is 20.7 Å². The van der Waals surface area contributed by atoms with Gasteiger partial charge in [0.05, 0.1) is 14.2 Å². The van der Waals surface area contributed by atoms with E-state index in [0.29, 0.717) is 23.9 Å². The van der Waals surface area contributed by atoms with Crippen molar-refractivity contribution in [1.82, 2.24) is 9.97 Å². The van der Waals surface area contributed by atoms with Gasteiger partial charge >= 0.3 is 0 Å². The third kappa shape index (κ3) is 3.73. The lowest BCUT2D eigenvalue weighted by Gasteiger charge is -2.12. The van der Waals surface area contributed by atoms with Gasteiger partial charge in [-0.05, 0) is 24.1 Å². The zero-order chi connectivity index (χ0) is 15.1. The van der Waals surface area contributed by atoms with E-state index in [1.54, 1.807) is 14.2 Å². The van der Waals surface area contributed by atoms with Crippen molar-refractivity contribution in [3.63, 3.8) is 0 Å². The van der Waals surface area contributed by atoms with Crippen molar-refractivity contribution in [3.05, 3.63) is 36.2 Å². The lowest BCUT2D eigenvalue weighted by molar-refractivity contribution is 0.414. The Labute approximate surface area is 123 Å². The number of nitrogens with one attached hydrogen (secondary N) is 2. The average molecular weight is 289 g/mol. The molecule has 0 saturated heterocycles. The highest BCUT2D eigenvalue weighted by Gasteiger charge is 2.10. The van der Waals surface area contributed by atoms with Gasteiger partial charge in [0.1, 0.15) is 12.1 Å². The summed E-state index contributed by atoms with van der Waals surface area (Å²) in [7, 11) is 3.20. The van der Waals surface area contributed by atoms with Crippen LogP contribution in [0.5, 0.6) is 11.5 Å². The Morgan fingerprint density at radius 1 is 1.05 bits per heavy atom. The molecule has 7 nitrogen and oxygen atoms in total. The minimum atomic E-state index is 0.444. The summed E-state index contributed by atoms with van der Waals surface area (Å²) < 4.78 is 10.4. The summed E-state index contributed by atoms with van der Waals surface area (Å²) in [6, 6.07) is 7.95. The molecule has 4 N–H and O–H groups in total. The van der Waals surface area contributed by atoms with Gasteiger partial charge in [0.2, 0.25) is 5.75 Å². The molecular weight excluding hydrogens is 270 g/mol. The largest absolute Gasteiger partial charge is 0.497 e. The second kappa shape index (κ2) is 7.30. The van der Waals surface area contributed by atoms with Crippen LogP contribution < -0.4 is 26.1 Å². The Hall–Kier alpha value is -2.54. The van der Waals surface area contributed by atoms with Crippen LogP contribution >= 0.6 is 0 Å². The first-order valence-corrected chi connectivity index (χ1v) is 6.51. The van der Waals surface area contributed by atoms with Crippen molar-refractivity contribution in [2.24, 2.45) is 5.84 Å². The molecule has 0 fully saturated rings. The van der Waals surface area contributed by atoms with Crippen LogP contribution in [0.3, 0.4) is 0 Å². The molecule has 0 bridgehead atoms. The number of hydrogen-bond acceptors (Lipinski definition) is 7. The maximum atomic E-state index is 5.38. The zero-order valence-electron chi connectivity index (χ0n) is 12.1. The second-order valence-corrected chi connectivity index (χ2v) is 4.27. The lowest BCUT2D eigenvalue weighted by atomic mass is 10.1. The van der Waals surface area contributed by atoms with Gasteiger partial charge in [-0.15, -0.1) is 0 Å². The standard InChI is InChI=1S/C14H19N5O2/c1-20-11-5-3-10(4-6-11)7-8-16-13-12(21-2)14(19-15)18-9-17-13/h3-6,9H,7-8,15H2,1-2H3,(H2,16,17,18,19). The predicted molar refractivity (Wildman–Crippen MR) is 81.6 cm³/mol. The van der Waals surface area contributed by atoms with Gasteiger partial charge in [-0.3, -0.25) is 0 Å². The summed E-state index contributed by atoms with van der Waals surface area (Å²) in [6.07, 6.45) is 2.27. The van der Waals surface area contributed by atoms with Crippen LogP contribution in [0.4, 0.5) is 11.6 Å². The zero-order valence-corrected chi connectivity index (χ0v) is 12.1. The fraction of sp³-hybridized carbons (Fsp3) is 0.286. The number of aromatic nitrogens is 2. The molecule has 0 spiro atoms. The monoisotopic (exact) mass is 289 g/mol. The van der Waals surface area contributed by atoms with Crippen LogP contribution in [-0.4, -0.2) is 30.7 Å².